The monoisotopic (exact) mass is 200 g/mol. The number of hydrogen-bond acceptors (Lipinski definition) is 2. The number of nitrogens with one attached hydrogen (secondary N) is 1. The molecule has 1 fully saturated rings. The van der Waals surface area contributed by atoms with E-state index >= 15 is 0 Å². The molecule has 2 nitrogen and oxygen atoms in total. The van der Waals surface area contributed by atoms with Crippen molar-refractivity contribution in [2.45, 2.75) is 6.42 Å². The lowest BCUT2D eigenvalue weighted by Gasteiger charge is -2.23. The van der Waals surface area contributed by atoms with Gasteiger partial charge in [0, 0.05) is 25.2 Å². The molecule has 0 aliphatic carbocycles. The van der Waals surface area contributed by atoms with Crippen LogP contribution in [-0.2, 0) is 0 Å². The fraction of sp³-hybridized carbons (Fsp3) is 0.385. The van der Waals surface area contributed by atoms with Gasteiger partial charge in [0.05, 0.1) is 5.69 Å². The first-order valence-corrected chi connectivity index (χ1v) is 5.43. The SMILES string of the molecule is C#Cc1ccccc1N1CCCNCC1. The highest BCUT2D eigenvalue weighted by atomic mass is 15.2. The van der Waals surface area contributed by atoms with E-state index in [4.69, 9.17) is 6.42 Å². The van der Waals surface area contributed by atoms with Gasteiger partial charge in [0.2, 0.25) is 0 Å². The molecule has 1 aromatic carbocycles. The number of benzene rings is 1. The van der Waals surface area contributed by atoms with Crippen LogP contribution in [0.2, 0.25) is 0 Å². The van der Waals surface area contributed by atoms with Gasteiger partial charge in [0.25, 0.3) is 0 Å². The topological polar surface area (TPSA) is 15.3 Å². The average molecular weight is 200 g/mol. The largest absolute Gasteiger partial charge is 0.369 e. The third-order valence-electron chi connectivity index (χ3n) is 2.74. The smallest absolute Gasteiger partial charge is 0.0525 e. The van der Waals surface area contributed by atoms with Crippen molar-refractivity contribution in [3.05, 3.63) is 29.8 Å². The van der Waals surface area contributed by atoms with Crippen molar-refractivity contribution in [1.29, 1.82) is 0 Å². The first kappa shape index (κ1) is 10.1. The highest BCUT2D eigenvalue weighted by Gasteiger charge is 2.11. The van der Waals surface area contributed by atoms with Gasteiger partial charge in [0.1, 0.15) is 0 Å². The van der Waals surface area contributed by atoms with Gasteiger partial charge < -0.3 is 10.2 Å². The fourth-order valence-corrected chi connectivity index (χ4v) is 1.96. The van der Waals surface area contributed by atoms with Gasteiger partial charge in [0.15, 0.2) is 0 Å². The van der Waals surface area contributed by atoms with Gasteiger partial charge in [-0.1, -0.05) is 18.1 Å². The van der Waals surface area contributed by atoms with Crippen LogP contribution in [0.1, 0.15) is 12.0 Å². The number of anilines is 1. The lowest BCUT2D eigenvalue weighted by Crippen LogP contribution is -2.28. The van der Waals surface area contributed by atoms with E-state index in [1.165, 1.54) is 12.1 Å². The Hall–Kier alpha value is -1.46. The highest BCUT2D eigenvalue weighted by Crippen LogP contribution is 2.19. The first-order chi connectivity index (χ1) is 7.42. The molecule has 1 heterocycles. The average Bonchev–Trinajstić information content (AvgIpc) is 2.57. The summed E-state index contributed by atoms with van der Waals surface area (Å²) in [7, 11) is 0. The maximum Gasteiger partial charge on any atom is 0.0525 e. The molecule has 78 valence electrons. The third-order valence-corrected chi connectivity index (χ3v) is 2.74. The van der Waals surface area contributed by atoms with E-state index in [-0.39, 0.29) is 0 Å². The van der Waals surface area contributed by atoms with E-state index in [2.05, 4.69) is 28.3 Å². The summed E-state index contributed by atoms with van der Waals surface area (Å²) in [5, 5.41) is 3.39. The quantitative estimate of drug-likeness (QED) is 0.691. The minimum atomic E-state index is 0.999. The molecular formula is C13H16N2. The summed E-state index contributed by atoms with van der Waals surface area (Å²) in [6.45, 7) is 4.28. The maximum absolute atomic E-state index is 5.50. The number of terminal acetylenes is 1. The van der Waals surface area contributed by atoms with Crippen LogP contribution in [-0.4, -0.2) is 26.2 Å². The van der Waals surface area contributed by atoms with Crippen molar-refractivity contribution < 1.29 is 0 Å². The zero-order valence-corrected chi connectivity index (χ0v) is 8.87. The molecule has 2 rings (SSSR count). The van der Waals surface area contributed by atoms with Gasteiger partial charge in [-0.15, -0.1) is 6.42 Å². The lowest BCUT2D eigenvalue weighted by molar-refractivity contribution is 0.724. The zero-order chi connectivity index (χ0) is 10.5. The van der Waals surface area contributed by atoms with Crippen LogP contribution in [0.4, 0.5) is 5.69 Å². The summed E-state index contributed by atoms with van der Waals surface area (Å²) in [6.07, 6.45) is 6.68. The molecule has 0 aromatic heterocycles. The predicted octanol–water partition coefficient (Wildman–Crippen LogP) is 1.47. The number of para-hydroxylation sites is 1. The van der Waals surface area contributed by atoms with Crippen molar-refractivity contribution in [2.24, 2.45) is 0 Å². The first-order valence-electron chi connectivity index (χ1n) is 5.43. The van der Waals surface area contributed by atoms with Crippen LogP contribution in [0.25, 0.3) is 0 Å². The van der Waals surface area contributed by atoms with Crippen molar-refractivity contribution in [3.63, 3.8) is 0 Å². The van der Waals surface area contributed by atoms with Crippen LogP contribution < -0.4 is 10.2 Å². The fourth-order valence-electron chi connectivity index (χ4n) is 1.96. The molecular weight excluding hydrogens is 184 g/mol. The van der Waals surface area contributed by atoms with Crippen LogP contribution in [0.15, 0.2) is 24.3 Å². The van der Waals surface area contributed by atoms with Gasteiger partial charge in [-0.3, -0.25) is 0 Å². The Bertz CT molecular complexity index is 357. The highest BCUT2D eigenvalue weighted by molar-refractivity contribution is 5.60. The molecule has 15 heavy (non-hydrogen) atoms. The molecule has 0 saturated carbocycles. The summed E-state index contributed by atoms with van der Waals surface area (Å²) in [6, 6.07) is 8.16. The summed E-state index contributed by atoms with van der Waals surface area (Å²) >= 11 is 0. The summed E-state index contributed by atoms with van der Waals surface area (Å²) in [4.78, 5) is 2.37. The van der Waals surface area contributed by atoms with Crippen molar-refractivity contribution in [3.8, 4) is 12.3 Å². The van der Waals surface area contributed by atoms with E-state index in [1.807, 2.05) is 12.1 Å². The normalized spacial score (nSPS) is 16.9. The van der Waals surface area contributed by atoms with Gasteiger partial charge in [-0.25, -0.2) is 0 Å². The van der Waals surface area contributed by atoms with Gasteiger partial charge >= 0.3 is 0 Å². The van der Waals surface area contributed by atoms with Crippen LogP contribution >= 0.6 is 0 Å². The number of hydrogen-bond donors (Lipinski definition) is 1. The lowest BCUT2D eigenvalue weighted by atomic mass is 10.1. The van der Waals surface area contributed by atoms with E-state index in [0.717, 1.165) is 31.7 Å². The number of nitrogens with zero attached hydrogens (tertiary/aromatic N) is 1. The molecule has 0 spiro atoms. The zero-order valence-electron chi connectivity index (χ0n) is 8.87. The number of rotatable bonds is 1. The molecule has 1 saturated heterocycles. The Morgan fingerprint density at radius 3 is 2.93 bits per heavy atom. The van der Waals surface area contributed by atoms with E-state index in [1.54, 1.807) is 0 Å². The molecule has 0 radical (unpaired) electrons. The van der Waals surface area contributed by atoms with Crippen LogP contribution in [0.5, 0.6) is 0 Å². The van der Waals surface area contributed by atoms with Crippen molar-refractivity contribution in [2.75, 3.05) is 31.1 Å². The Morgan fingerprint density at radius 2 is 2.07 bits per heavy atom. The molecule has 0 amide bonds. The standard InChI is InChI=1S/C13H16N2/c1-2-12-6-3-4-7-13(12)15-10-5-8-14-9-11-15/h1,3-4,6-7,14H,5,8-11H2. The molecule has 0 atom stereocenters. The minimum Gasteiger partial charge on any atom is -0.369 e. The third kappa shape index (κ3) is 2.31. The van der Waals surface area contributed by atoms with E-state index in [0.29, 0.717) is 0 Å². The Balaban J connectivity index is 2.23. The molecule has 1 aliphatic heterocycles. The molecule has 1 N–H and O–H groups in total. The molecule has 1 aliphatic rings. The van der Waals surface area contributed by atoms with Gasteiger partial charge in [-0.05, 0) is 25.1 Å². The summed E-state index contributed by atoms with van der Waals surface area (Å²) < 4.78 is 0. The summed E-state index contributed by atoms with van der Waals surface area (Å²) in [5.41, 5.74) is 2.20. The van der Waals surface area contributed by atoms with E-state index < -0.39 is 0 Å². The molecule has 0 unspecified atom stereocenters. The van der Waals surface area contributed by atoms with Crippen molar-refractivity contribution >= 4 is 5.69 Å². The Labute approximate surface area is 91.3 Å². The van der Waals surface area contributed by atoms with Crippen molar-refractivity contribution in [1.82, 2.24) is 5.32 Å². The second kappa shape index (κ2) is 4.86. The second-order valence-electron chi connectivity index (χ2n) is 3.75. The Kier molecular flexibility index (Phi) is 3.26. The Morgan fingerprint density at radius 1 is 1.20 bits per heavy atom. The van der Waals surface area contributed by atoms with Crippen LogP contribution in [0.3, 0.4) is 0 Å². The van der Waals surface area contributed by atoms with Crippen LogP contribution in [0, 0.1) is 12.3 Å². The molecule has 2 heteroatoms. The van der Waals surface area contributed by atoms with E-state index in [9.17, 15) is 0 Å². The second-order valence-corrected chi connectivity index (χ2v) is 3.75. The minimum absolute atomic E-state index is 0.999. The molecule has 1 aromatic rings. The maximum atomic E-state index is 5.50. The van der Waals surface area contributed by atoms with Gasteiger partial charge in [-0.2, -0.15) is 0 Å². The predicted molar refractivity (Wildman–Crippen MR) is 64.1 cm³/mol. The summed E-state index contributed by atoms with van der Waals surface area (Å²) in [5.74, 6) is 2.75. The molecule has 0 bridgehead atoms.